The molecule has 0 fully saturated rings. The number of carbonyl (C=O) groups excluding carboxylic acids is 2. The first-order chi connectivity index (χ1) is 13.1. The van der Waals surface area contributed by atoms with E-state index in [9.17, 15) is 9.59 Å². The summed E-state index contributed by atoms with van der Waals surface area (Å²) in [6, 6.07) is 16.8. The summed E-state index contributed by atoms with van der Waals surface area (Å²) in [5.74, 6) is 0.0285. The van der Waals surface area contributed by atoms with Crippen molar-refractivity contribution in [3.8, 4) is 0 Å². The molecule has 0 saturated carbocycles. The Morgan fingerprint density at radius 2 is 1.59 bits per heavy atom. The van der Waals surface area contributed by atoms with Crippen LogP contribution in [0.1, 0.15) is 48.2 Å². The highest BCUT2D eigenvalue weighted by atomic mass is 16.5. The molecule has 0 aliphatic heterocycles. The Balaban J connectivity index is 1.79. The van der Waals surface area contributed by atoms with Gasteiger partial charge in [-0.05, 0) is 38.3 Å². The molecule has 2 aromatic carbocycles. The highest BCUT2D eigenvalue weighted by Crippen LogP contribution is 2.12. The minimum Gasteiger partial charge on any atom is -0.372 e. The van der Waals surface area contributed by atoms with Crippen LogP contribution in [-0.4, -0.2) is 18.7 Å². The summed E-state index contributed by atoms with van der Waals surface area (Å²) in [6.07, 6.45) is 6.36. The van der Waals surface area contributed by atoms with Gasteiger partial charge in [0.15, 0.2) is 5.78 Å². The largest absolute Gasteiger partial charge is 0.372 e. The zero-order valence-electron chi connectivity index (χ0n) is 16.0. The van der Waals surface area contributed by atoms with E-state index in [4.69, 9.17) is 4.74 Å². The van der Waals surface area contributed by atoms with E-state index in [0.717, 1.165) is 30.3 Å². The van der Waals surface area contributed by atoms with Crippen LogP contribution in [0.3, 0.4) is 0 Å². The fourth-order valence-corrected chi connectivity index (χ4v) is 2.64. The van der Waals surface area contributed by atoms with Crippen molar-refractivity contribution in [2.24, 2.45) is 0 Å². The number of ketones is 1. The Hall–Kier alpha value is -2.78. The number of benzene rings is 2. The fourth-order valence-electron chi connectivity index (χ4n) is 2.64. The van der Waals surface area contributed by atoms with Crippen LogP contribution in [0.25, 0.3) is 0 Å². The van der Waals surface area contributed by atoms with E-state index >= 15 is 0 Å². The Bertz CT molecular complexity index is 799. The summed E-state index contributed by atoms with van der Waals surface area (Å²) in [5, 5.41) is 0. The second-order valence-electron chi connectivity index (χ2n) is 6.62. The van der Waals surface area contributed by atoms with Gasteiger partial charge in [0.1, 0.15) is 6.29 Å². The van der Waals surface area contributed by atoms with Crippen LogP contribution in [0, 0.1) is 0 Å². The summed E-state index contributed by atoms with van der Waals surface area (Å²) < 4.78 is 5.75. The molecule has 3 heteroatoms. The van der Waals surface area contributed by atoms with E-state index < -0.39 is 0 Å². The first-order valence-corrected chi connectivity index (χ1v) is 9.13. The van der Waals surface area contributed by atoms with Gasteiger partial charge < -0.3 is 4.74 Å². The van der Waals surface area contributed by atoms with Crippen LogP contribution >= 0.6 is 0 Å². The van der Waals surface area contributed by atoms with Gasteiger partial charge in [0.2, 0.25) is 0 Å². The molecule has 0 N–H and O–H groups in total. The predicted octanol–water partition coefficient (Wildman–Crippen LogP) is 5.31. The topological polar surface area (TPSA) is 43.4 Å². The average Bonchev–Trinajstić information content (AvgIpc) is 2.69. The van der Waals surface area contributed by atoms with Crippen molar-refractivity contribution in [1.82, 2.24) is 0 Å². The van der Waals surface area contributed by atoms with Crippen LogP contribution in [0.2, 0.25) is 0 Å². The van der Waals surface area contributed by atoms with Crippen LogP contribution in [0.15, 0.2) is 77.9 Å². The molecule has 0 unspecified atom stereocenters. The van der Waals surface area contributed by atoms with E-state index in [2.05, 4.69) is 6.08 Å². The lowest BCUT2D eigenvalue weighted by Crippen LogP contribution is -2.02. The third-order valence-corrected chi connectivity index (χ3v) is 4.23. The fraction of sp³-hybridized carbons (Fsp3) is 0.250. The molecule has 0 heterocycles. The Kier molecular flexibility index (Phi) is 8.40. The number of hydrogen-bond acceptors (Lipinski definition) is 3. The van der Waals surface area contributed by atoms with Gasteiger partial charge in [0, 0.05) is 11.1 Å². The molecule has 3 nitrogen and oxygen atoms in total. The highest BCUT2D eigenvalue weighted by Gasteiger charge is 2.08. The predicted molar refractivity (Wildman–Crippen MR) is 109 cm³/mol. The maximum absolute atomic E-state index is 12.4. The van der Waals surface area contributed by atoms with Crippen LogP contribution in [0.5, 0.6) is 0 Å². The zero-order chi connectivity index (χ0) is 19.5. The average molecular weight is 362 g/mol. The first kappa shape index (κ1) is 20.5. The lowest BCUT2D eigenvalue weighted by molar-refractivity contribution is -0.104. The molecular weight excluding hydrogens is 336 g/mol. The summed E-state index contributed by atoms with van der Waals surface area (Å²) in [4.78, 5) is 22.8. The highest BCUT2D eigenvalue weighted by molar-refractivity contribution is 6.08. The quantitative estimate of drug-likeness (QED) is 0.249. The first-order valence-electron chi connectivity index (χ1n) is 9.13. The van der Waals surface area contributed by atoms with Gasteiger partial charge in [0.05, 0.1) is 13.2 Å². The van der Waals surface area contributed by atoms with Gasteiger partial charge in [-0.1, -0.05) is 71.8 Å². The number of carbonyl (C=O) groups is 2. The molecule has 0 atom stereocenters. The maximum atomic E-state index is 12.4. The van der Waals surface area contributed by atoms with Crippen molar-refractivity contribution in [2.45, 2.75) is 33.3 Å². The van der Waals surface area contributed by atoms with Crippen molar-refractivity contribution in [1.29, 1.82) is 0 Å². The maximum Gasteiger partial charge on any atom is 0.193 e. The van der Waals surface area contributed by atoms with E-state index in [1.54, 1.807) is 6.08 Å². The van der Waals surface area contributed by atoms with Crippen molar-refractivity contribution in [2.75, 3.05) is 6.61 Å². The van der Waals surface area contributed by atoms with Crippen molar-refractivity contribution in [3.05, 3.63) is 94.6 Å². The number of hydrogen-bond donors (Lipinski definition) is 0. The minimum atomic E-state index is 0.0285. The van der Waals surface area contributed by atoms with Crippen LogP contribution in [-0.2, 0) is 16.1 Å². The van der Waals surface area contributed by atoms with E-state index in [1.165, 1.54) is 5.57 Å². The molecule has 0 amide bonds. The molecule has 2 aromatic rings. The van der Waals surface area contributed by atoms with Crippen molar-refractivity contribution >= 4 is 12.1 Å². The van der Waals surface area contributed by atoms with Gasteiger partial charge in [-0.3, -0.25) is 9.59 Å². The summed E-state index contributed by atoms with van der Waals surface area (Å²) >= 11 is 0. The summed E-state index contributed by atoms with van der Waals surface area (Å²) in [5.41, 5.74) is 4.67. The van der Waals surface area contributed by atoms with Gasteiger partial charge in [0.25, 0.3) is 0 Å². The SMILES string of the molecule is CC(=CC=O)CCC=C(C)COCc1ccc(C(=O)c2ccccc2)cc1. The van der Waals surface area contributed by atoms with Gasteiger partial charge in [-0.25, -0.2) is 0 Å². The Morgan fingerprint density at radius 1 is 0.926 bits per heavy atom. The second kappa shape index (κ2) is 11.0. The molecule has 0 aliphatic carbocycles. The second-order valence-corrected chi connectivity index (χ2v) is 6.62. The van der Waals surface area contributed by atoms with Gasteiger partial charge in [-0.15, -0.1) is 0 Å². The molecule has 0 spiro atoms. The normalized spacial score (nSPS) is 12.1. The number of aldehydes is 1. The Morgan fingerprint density at radius 3 is 2.26 bits per heavy atom. The molecule has 27 heavy (non-hydrogen) atoms. The van der Waals surface area contributed by atoms with Crippen LogP contribution < -0.4 is 0 Å². The molecule has 0 radical (unpaired) electrons. The Labute approximate surface area is 161 Å². The van der Waals surface area contributed by atoms with Crippen molar-refractivity contribution in [3.63, 3.8) is 0 Å². The molecular formula is C24H26O3. The number of allylic oxidation sites excluding steroid dienone is 3. The molecule has 140 valence electrons. The van der Waals surface area contributed by atoms with Gasteiger partial charge >= 0.3 is 0 Å². The number of rotatable bonds is 10. The molecule has 2 rings (SSSR count). The van der Waals surface area contributed by atoms with E-state index in [1.807, 2.05) is 68.4 Å². The van der Waals surface area contributed by atoms with Gasteiger partial charge in [-0.2, -0.15) is 0 Å². The molecule has 0 bridgehead atoms. The lowest BCUT2D eigenvalue weighted by Gasteiger charge is -2.07. The van der Waals surface area contributed by atoms with E-state index in [0.29, 0.717) is 24.3 Å². The summed E-state index contributed by atoms with van der Waals surface area (Å²) in [7, 11) is 0. The third kappa shape index (κ3) is 7.16. The molecule has 0 aromatic heterocycles. The standard InChI is InChI=1S/C24H26O3/c1-19(15-16-25)7-6-8-20(2)17-27-18-21-11-13-23(14-12-21)24(26)22-9-4-3-5-10-22/h3-5,8-16H,6-7,17-18H2,1-2H3. The summed E-state index contributed by atoms with van der Waals surface area (Å²) in [6.45, 7) is 5.08. The third-order valence-electron chi connectivity index (χ3n) is 4.23. The monoisotopic (exact) mass is 362 g/mol. The zero-order valence-corrected chi connectivity index (χ0v) is 16.0. The molecule has 0 saturated heterocycles. The smallest absolute Gasteiger partial charge is 0.193 e. The van der Waals surface area contributed by atoms with Crippen molar-refractivity contribution < 1.29 is 14.3 Å². The minimum absolute atomic E-state index is 0.0285. The van der Waals surface area contributed by atoms with Crippen LogP contribution in [0.4, 0.5) is 0 Å². The lowest BCUT2D eigenvalue weighted by atomic mass is 10.0. The number of ether oxygens (including phenoxy) is 1. The van der Waals surface area contributed by atoms with E-state index in [-0.39, 0.29) is 5.78 Å². The molecule has 0 aliphatic rings.